The normalized spacial score (nSPS) is 23.3. The van der Waals surface area contributed by atoms with Gasteiger partial charge in [0.1, 0.15) is 0 Å². The monoisotopic (exact) mass is 754 g/mol. The molecule has 6 rings (SSSR count). The summed E-state index contributed by atoms with van der Waals surface area (Å²) in [5.41, 5.74) is 4.72. The van der Waals surface area contributed by atoms with E-state index in [-0.39, 0.29) is 44.3 Å². The highest BCUT2D eigenvalue weighted by Gasteiger charge is 2.39. The number of hydrogen-bond acceptors (Lipinski definition) is 10. The Hall–Kier alpha value is -3.69. The summed E-state index contributed by atoms with van der Waals surface area (Å²) in [6.07, 6.45) is 6.28. The van der Waals surface area contributed by atoms with Crippen molar-refractivity contribution in [2.24, 2.45) is 5.92 Å². The number of amides is 1. The Morgan fingerprint density at radius 1 is 0.860 bits per heavy atom. The highest BCUT2D eigenvalue weighted by atomic mass is 79.9. The van der Waals surface area contributed by atoms with Crippen molar-refractivity contribution in [3.8, 4) is 11.5 Å². The van der Waals surface area contributed by atoms with E-state index >= 15 is 0 Å². The molecule has 13 nitrogen and oxygen atoms in total. The van der Waals surface area contributed by atoms with Crippen molar-refractivity contribution in [3.05, 3.63) is 63.6 Å². The molecule has 3 heterocycles. The van der Waals surface area contributed by atoms with Gasteiger partial charge < -0.3 is 35.2 Å². The average molecular weight is 756 g/mol. The maximum Gasteiger partial charge on any atom is 0.317 e. The van der Waals surface area contributed by atoms with Gasteiger partial charge in [0.05, 0.1) is 25.7 Å². The number of carbonyl (C=O) groups is 3. The van der Waals surface area contributed by atoms with Crippen molar-refractivity contribution in [2.45, 2.75) is 24.8 Å². The van der Waals surface area contributed by atoms with E-state index in [0.29, 0.717) is 71.2 Å². The molecule has 0 aromatic heterocycles. The first-order chi connectivity index (χ1) is 24.1. The molecular weight excluding hydrogens is 708 g/mol. The molecule has 270 valence electrons. The third kappa shape index (κ3) is 9.15. The highest BCUT2D eigenvalue weighted by molar-refractivity contribution is 9.10. The van der Waals surface area contributed by atoms with Crippen LogP contribution >= 0.6 is 15.9 Å². The molecule has 14 heteroatoms. The van der Waals surface area contributed by atoms with E-state index in [2.05, 4.69) is 72.8 Å². The van der Waals surface area contributed by atoms with Crippen molar-refractivity contribution in [1.29, 1.82) is 0 Å². The molecule has 0 bridgehead atoms. The number of ether oxygens (including phenoxy) is 2. The minimum absolute atomic E-state index is 0.0623. The summed E-state index contributed by atoms with van der Waals surface area (Å²) in [5.74, 6) is 0.298. The van der Waals surface area contributed by atoms with Crippen molar-refractivity contribution >= 4 is 39.5 Å². The van der Waals surface area contributed by atoms with E-state index in [0.717, 1.165) is 33.6 Å². The number of benzene rings is 2. The standard InChI is InChI=1S/C36H47BrN6O7/c1-40-9-11-41(13-14-43(22-35(47)48)16-15-42(12-10-40)21-34(45)46)20-33(44)38-8-7-24-5-6-30-27(17-24)25-3-2-4-26(25)36(39-30)28-18-31-32(19-29(28)37)50-23-49-31/h2-3,5-6,17-19,25-26,36,39H,4,7-16,20-23H2,1H3,(H,38,44)(H,45,46)(H,47,48). The van der Waals surface area contributed by atoms with Crippen LogP contribution in [0.15, 0.2) is 47.0 Å². The van der Waals surface area contributed by atoms with Crippen molar-refractivity contribution in [2.75, 3.05) is 97.7 Å². The number of nitrogens with zero attached hydrogens (tertiary/aromatic N) is 4. The summed E-state index contributed by atoms with van der Waals surface area (Å²) in [7, 11) is 1.99. The van der Waals surface area contributed by atoms with Gasteiger partial charge in [-0.25, -0.2) is 0 Å². The molecule has 4 N–H and O–H groups in total. The number of carboxylic acids is 2. The van der Waals surface area contributed by atoms with Crippen LogP contribution in [0.4, 0.5) is 5.69 Å². The van der Waals surface area contributed by atoms with Gasteiger partial charge in [-0.1, -0.05) is 40.2 Å². The molecule has 3 atom stereocenters. The lowest BCUT2D eigenvalue weighted by Crippen LogP contribution is -2.48. The molecule has 1 fully saturated rings. The molecule has 1 aliphatic carbocycles. The second kappa shape index (κ2) is 16.6. The topological polar surface area (TPSA) is 147 Å². The number of nitrogens with one attached hydrogen (secondary N) is 2. The van der Waals surface area contributed by atoms with Gasteiger partial charge in [0.2, 0.25) is 12.7 Å². The number of carbonyl (C=O) groups excluding carboxylic acids is 1. The zero-order valence-corrected chi connectivity index (χ0v) is 30.1. The maximum absolute atomic E-state index is 13.1. The molecule has 0 spiro atoms. The first-order valence-corrected chi connectivity index (χ1v) is 18.1. The van der Waals surface area contributed by atoms with Gasteiger partial charge in [-0.05, 0) is 60.7 Å². The van der Waals surface area contributed by atoms with Crippen LogP contribution in [0.2, 0.25) is 0 Å². The lowest BCUT2D eigenvalue weighted by atomic mass is 9.76. The quantitative estimate of drug-likeness (QED) is 0.265. The van der Waals surface area contributed by atoms with E-state index in [1.54, 1.807) is 0 Å². The molecule has 0 radical (unpaired) electrons. The SMILES string of the molecule is CN1CCN(CC(=O)O)CCN(CC(=O)O)CCN(CC(=O)NCCc2ccc3c(c2)C2C=CCC2C(c2cc4c(cc2Br)OCO4)N3)CC1. The van der Waals surface area contributed by atoms with Crippen LogP contribution < -0.4 is 20.1 Å². The fraction of sp³-hybridized carbons (Fsp3) is 0.528. The van der Waals surface area contributed by atoms with Gasteiger partial charge in [0.15, 0.2) is 11.5 Å². The van der Waals surface area contributed by atoms with E-state index in [4.69, 9.17) is 9.47 Å². The molecule has 2 aromatic rings. The number of allylic oxidation sites excluding steroid dienone is 2. The van der Waals surface area contributed by atoms with E-state index in [1.165, 1.54) is 11.1 Å². The van der Waals surface area contributed by atoms with Gasteiger partial charge in [0, 0.05) is 75.0 Å². The first-order valence-electron chi connectivity index (χ1n) is 17.3. The second-order valence-corrected chi connectivity index (χ2v) is 14.5. The van der Waals surface area contributed by atoms with Gasteiger partial charge in [-0.15, -0.1) is 0 Å². The second-order valence-electron chi connectivity index (χ2n) is 13.6. The number of fused-ring (bicyclic) bond motifs is 4. The number of anilines is 1. The Labute approximate surface area is 301 Å². The van der Waals surface area contributed by atoms with Crippen LogP contribution in [-0.2, 0) is 20.8 Å². The summed E-state index contributed by atoms with van der Waals surface area (Å²) >= 11 is 3.77. The van der Waals surface area contributed by atoms with Crippen LogP contribution in [-0.4, -0.2) is 140 Å². The molecule has 50 heavy (non-hydrogen) atoms. The summed E-state index contributed by atoms with van der Waals surface area (Å²) in [6, 6.07) is 10.7. The van der Waals surface area contributed by atoms with Crippen molar-refractivity contribution in [3.63, 3.8) is 0 Å². The van der Waals surface area contributed by atoms with Gasteiger partial charge in [0.25, 0.3) is 0 Å². The fourth-order valence-electron chi connectivity index (χ4n) is 7.38. The number of halogens is 1. The number of carboxylic acid groups (broad SMARTS) is 2. The van der Waals surface area contributed by atoms with Crippen LogP contribution in [0.1, 0.15) is 35.1 Å². The van der Waals surface area contributed by atoms with Gasteiger partial charge in [-0.2, -0.15) is 0 Å². The average Bonchev–Trinajstić information content (AvgIpc) is 3.75. The summed E-state index contributed by atoms with van der Waals surface area (Å²) in [4.78, 5) is 43.9. The van der Waals surface area contributed by atoms with Crippen molar-refractivity contribution in [1.82, 2.24) is 24.9 Å². The molecule has 2 aromatic carbocycles. The number of aliphatic carboxylic acids is 2. The molecule has 3 unspecified atom stereocenters. The maximum atomic E-state index is 13.1. The van der Waals surface area contributed by atoms with Gasteiger partial charge >= 0.3 is 11.9 Å². The first kappa shape index (κ1) is 36.1. The van der Waals surface area contributed by atoms with Crippen LogP contribution in [0.25, 0.3) is 0 Å². The lowest BCUT2D eigenvalue weighted by molar-refractivity contribution is -0.140. The highest BCUT2D eigenvalue weighted by Crippen LogP contribution is 2.52. The predicted molar refractivity (Wildman–Crippen MR) is 192 cm³/mol. The van der Waals surface area contributed by atoms with E-state index in [1.807, 2.05) is 22.9 Å². The molecule has 1 saturated heterocycles. The van der Waals surface area contributed by atoms with E-state index in [9.17, 15) is 24.6 Å². The Kier molecular flexibility index (Phi) is 12.0. The molecular formula is C36H47BrN6O7. The smallest absolute Gasteiger partial charge is 0.317 e. The van der Waals surface area contributed by atoms with Crippen LogP contribution in [0.3, 0.4) is 0 Å². The minimum atomic E-state index is -0.930. The molecule has 0 saturated carbocycles. The number of rotatable bonds is 10. The fourth-order valence-corrected chi connectivity index (χ4v) is 7.95. The minimum Gasteiger partial charge on any atom is -0.480 e. The lowest BCUT2D eigenvalue weighted by Gasteiger charge is -2.38. The summed E-state index contributed by atoms with van der Waals surface area (Å²) < 4.78 is 12.3. The van der Waals surface area contributed by atoms with E-state index < -0.39 is 11.9 Å². The van der Waals surface area contributed by atoms with Crippen LogP contribution in [0.5, 0.6) is 11.5 Å². The Morgan fingerprint density at radius 2 is 1.48 bits per heavy atom. The van der Waals surface area contributed by atoms with Crippen LogP contribution in [0, 0.1) is 5.92 Å². The summed E-state index contributed by atoms with van der Waals surface area (Å²) in [5, 5.41) is 25.7. The Morgan fingerprint density at radius 3 is 2.14 bits per heavy atom. The third-order valence-corrected chi connectivity index (χ3v) is 10.8. The van der Waals surface area contributed by atoms with Crippen molar-refractivity contribution < 1.29 is 34.1 Å². The zero-order chi connectivity index (χ0) is 35.2. The Balaban J connectivity index is 1.04. The zero-order valence-electron chi connectivity index (χ0n) is 28.5. The molecule has 4 aliphatic rings. The molecule has 3 aliphatic heterocycles. The molecule has 1 amide bonds. The number of likely N-dealkylation sites (N-methyl/N-ethyl adjacent to an activating group) is 1. The summed E-state index contributed by atoms with van der Waals surface area (Å²) in [6.45, 7) is 5.26. The largest absolute Gasteiger partial charge is 0.480 e. The van der Waals surface area contributed by atoms with Gasteiger partial charge in [-0.3, -0.25) is 29.1 Å². The third-order valence-electron chi connectivity index (χ3n) is 10.1. The Bertz CT molecular complexity index is 1590. The number of hydrogen-bond donors (Lipinski definition) is 4. The predicted octanol–water partition coefficient (Wildman–Crippen LogP) is 2.68.